The molecule has 0 bridgehead atoms. The van der Waals surface area contributed by atoms with Crippen molar-refractivity contribution in [2.75, 3.05) is 4.90 Å². The third-order valence-corrected chi connectivity index (χ3v) is 3.66. The van der Waals surface area contributed by atoms with Crippen molar-refractivity contribution < 1.29 is 4.79 Å². The molecule has 1 aliphatic rings. The van der Waals surface area contributed by atoms with Gasteiger partial charge in [0, 0.05) is 24.2 Å². The molecule has 1 aromatic heterocycles. The molecule has 19 heavy (non-hydrogen) atoms. The summed E-state index contributed by atoms with van der Waals surface area (Å²) in [4.78, 5) is 13.7. The van der Waals surface area contributed by atoms with Crippen LogP contribution in [-0.2, 0) is 11.2 Å². The molecule has 1 amide bonds. The van der Waals surface area contributed by atoms with Gasteiger partial charge in [-0.1, -0.05) is 6.07 Å². The second kappa shape index (κ2) is 4.50. The molecule has 5 nitrogen and oxygen atoms in total. The first kappa shape index (κ1) is 11.9. The summed E-state index contributed by atoms with van der Waals surface area (Å²) in [6, 6.07) is 6.37. The minimum Gasteiger partial charge on any atom is -0.310 e. The van der Waals surface area contributed by atoms with E-state index in [9.17, 15) is 4.79 Å². The first-order chi connectivity index (χ1) is 9.16. The van der Waals surface area contributed by atoms with Gasteiger partial charge in [0.25, 0.3) is 0 Å². The van der Waals surface area contributed by atoms with Crippen LogP contribution in [0.5, 0.6) is 0 Å². The van der Waals surface area contributed by atoms with Gasteiger partial charge in [0.15, 0.2) is 0 Å². The Labute approximate surface area is 111 Å². The predicted octanol–water partition coefficient (Wildman–Crippen LogP) is 2.16. The van der Waals surface area contributed by atoms with E-state index in [4.69, 9.17) is 0 Å². The van der Waals surface area contributed by atoms with E-state index >= 15 is 0 Å². The zero-order valence-corrected chi connectivity index (χ0v) is 11.1. The molecule has 2 aromatic rings. The molecule has 0 radical (unpaired) electrons. The average Bonchev–Trinajstić information content (AvgIpc) is 2.91. The number of aryl methyl sites for hydroxylation is 1. The summed E-state index contributed by atoms with van der Waals surface area (Å²) in [7, 11) is 0. The number of anilines is 1. The Bertz CT molecular complexity index is 606. The maximum atomic E-state index is 11.8. The van der Waals surface area contributed by atoms with Gasteiger partial charge >= 0.3 is 0 Å². The van der Waals surface area contributed by atoms with Gasteiger partial charge in [-0.15, -0.1) is 0 Å². The van der Waals surface area contributed by atoms with Crippen molar-refractivity contribution in [1.29, 1.82) is 0 Å². The number of nitrogens with zero attached hydrogens (tertiary/aromatic N) is 3. The predicted molar refractivity (Wildman–Crippen MR) is 72.8 cm³/mol. The van der Waals surface area contributed by atoms with Crippen LogP contribution in [0.25, 0.3) is 11.3 Å². The highest BCUT2D eigenvalue weighted by Gasteiger charge is 2.26. The van der Waals surface area contributed by atoms with Gasteiger partial charge in [-0.05, 0) is 37.5 Å². The van der Waals surface area contributed by atoms with Crippen LogP contribution in [-0.4, -0.2) is 27.4 Å². The number of amides is 1. The van der Waals surface area contributed by atoms with Gasteiger partial charge < -0.3 is 4.90 Å². The number of hydrogen-bond donors (Lipinski definition) is 1. The molecule has 2 heterocycles. The molecule has 5 heteroatoms. The fourth-order valence-corrected chi connectivity index (χ4v) is 2.73. The summed E-state index contributed by atoms with van der Waals surface area (Å²) < 4.78 is 0. The van der Waals surface area contributed by atoms with Gasteiger partial charge in [-0.2, -0.15) is 15.4 Å². The van der Waals surface area contributed by atoms with E-state index in [0.717, 1.165) is 29.8 Å². The van der Waals surface area contributed by atoms with E-state index in [1.165, 1.54) is 5.56 Å². The zero-order valence-electron chi connectivity index (χ0n) is 11.1. The second-order valence-electron chi connectivity index (χ2n) is 4.98. The molecule has 3 rings (SSSR count). The normalized spacial score (nSPS) is 18.2. The Morgan fingerprint density at radius 2 is 2.32 bits per heavy atom. The maximum absolute atomic E-state index is 11.8. The molecule has 0 spiro atoms. The van der Waals surface area contributed by atoms with E-state index in [2.05, 4.69) is 28.4 Å². The van der Waals surface area contributed by atoms with E-state index in [0.29, 0.717) is 0 Å². The summed E-state index contributed by atoms with van der Waals surface area (Å²) in [6.45, 7) is 3.72. The van der Waals surface area contributed by atoms with Crippen molar-refractivity contribution in [3.05, 3.63) is 30.0 Å². The van der Waals surface area contributed by atoms with E-state index in [1.807, 2.05) is 17.0 Å². The van der Waals surface area contributed by atoms with Gasteiger partial charge in [0.1, 0.15) is 5.69 Å². The highest BCUT2D eigenvalue weighted by atomic mass is 16.2. The third-order valence-electron chi connectivity index (χ3n) is 3.66. The minimum atomic E-state index is 0.0997. The largest absolute Gasteiger partial charge is 0.310 e. The number of benzene rings is 1. The van der Waals surface area contributed by atoms with Crippen molar-refractivity contribution in [3.8, 4) is 11.3 Å². The van der Waals surface area contributed by atoms with Gasteiger partial charge in [0.05, 0.1) is 6.20 Å². The maximum Gasteiger partial charge on any atom is 0.224 e. The number of rotatable bonds is 1. The average molecular weight is 256 g/mol. The summed E-state index contributed by atoms with van der Waals surface area (Å²) in [5.41, 5.74) is 4.09. The third kappa shape index (κ3) is 2.01. The Morgan fingerprint density at radius 1 is 1.47 bits per heavy atom. The van der Waals surface area contributed by atoms with Crippen LogP contribution in [0, 0.1) is 0 Å². The topological polar surface area (TPSA) is 61.9 Å². The molecule has 1 N–H and O–H groups in total. The lowest BCUT2D eigenvalue weighted by molar-refractivity contribution is -0.117. The molecule has 0 aliphatic carbocycles. The Morgan fingerprint density at radius 3 is 3.00 bits per heavy atom. The quantitative estimate of drug-likeness (QED) is 0.850. The van der Waals surface area contributed by atoms with Crippen LogP contribution in [0.4, 0.5) is 5.69 Å². The lowest BCUT2D eigenvalue weighted by Gasteiger charge is -2.34. The first-order valence-electron chi connectivity index (χ1n) is 6.45. The smallest absolute Gasteiger partial charge is 0.224 e. The summed E-state index contributed by atoms with van der Waals surface area (Å²) in [5, 5.41) is 10.5. The van der Waals surface area contributed by atoms with Crippen LogP contribution in [0.3, 0.4) is 0 Å². The molecule has 1 aromatic carbocycles. The summed E-state index contributed by atoms with van der Waals surface area (Å²) in [6.07, 6.45) is 3.69. The Balaban J connectivity index is 2.05. The zero-order chi connectivity index (χ0) is 13.4. The van der Waals surface area contributed by atoms with Crippen LogP contribution < -0.4 is 4.90 Å². The monoisotopic (exact) mass is 256 g/mol. The number of aromatic amines is 1. The molecule has 1 atom stereocenters. The molecule has 1 aliphatic heterocycles. The molecule has 98 valence electrons. The van der Waals surface area contributed by atoms with E-state index < -0.39 is 0 Å². The molecular formula is C14H16N4O. The number of H-pyrrole nitrogens is 1. The fourth-order valence-electron chi connectivity index (χ4n) is 2.73. The van der Waals surface area contributed by atoms with Crippen molar-refractivity contribution in [1.82, 2.24) is 15.4 Å². The van der Waals surface area contributed by atoms with E-state index in [1.54, 1.807) is 13.1 Å². The molecule has 1 unspecified atom stereocenters. The SMILES string of the molecule is CC(=O)N1c2ccc(-c3cn[nH]n3)cc2CCC1C. The van der Waals surface area contributed by atoms with Crippen molar-refractivity contribution in [2.24, 2.45) is 0 Å². The van der Waals surface area contributed by atoms with Crippen LogP contribution in [0.15, 0.2) is 24.4 Å². The van der Waals surface area contributed by atoms with Crippen LogP contribution >= 0.6 is 0 Å². The van der Waals surface area contributed by atoms with Gasteiger partial charge in [-0.3, -0.25) is 4.79 Å². The number of fused-ring (bicyclic) bond motifs is 1. The first-order valence-corrected chi connectivity index (χ1v) is 6.45. The number of hydrogen-bond acceptors (Lipinski definition) is 3. The minimum absolute atomic E-state index is 0.0997. The van der Waals surface area contributed by atoms with Crippen LogP contribution in [0.1, 0.15) is 25.8 Å². The van der Waals surface area contributed by atoms with Crippen molar-refractivity contribution >= 4 is 11.6 Å². The lowest BCUT2D eigenvalue weighted by Crippen LogP contribution is -2.40. The van der Waals surface area contributed by atoms with Crippen LogP contribution in [0.2, 0.25) is 0 Å². The highest BCUT2D eigenvalue weighted by molar-refractivity contribution is 5.93. The summed E-state index contributed by atoms with van der Waals surface area (Å²) in [5.74, 6) is 0.0997. The standard InChI is InChI=1S/C14H16N4O/c1-9-3-4-12-7-11(13-8-15-17-16-13)5-6-14(12)18(9)10(2)19/h5-9H,3-4H2,1-2H3,(H,15,16,17). The van der Waals surface area contributed by atoms with Crippen molar-refractivity contribution in [2.45, 2.75) is 32.7 Å². The highest BCUT2D eigenvalue weighted by Crippen LogP contribution is 2.33. The van der Waals surface area contributed by atoms with Crippen molar-refractivity contribution in [3.63, 3.8) is 0 Å². The Kier molecular flexibility index (Phi) is 2.81. The lowest BCUT2D eigenvalue weighted by atomic mass is 9.94. The molecule has 0 saturated carbocycles. The molecule has 0 fully saturated rings. The molecule has 0 saturated heterocycles. The Hall–Kier alpha value is -2.17. The fraction of sp³-hybridized carbons (Fsp3) is 0.357. The number of carbonyl (C=O) groups is 1. The number of carbonyl (C=O) groups excluding carboxylic acids is 1. The number of aromatic nitrogens is 3. The van der Waals surface area contributed by atoms with Gasteiger partial charge in [0.2, 0.25) is 5.91 Å². The number of nitrogens with one attached hydrogen (secondary N) is 1. The molecular weight excluding hydrogens is 240 g/mol. The van der Waals surface area contributed by atoms with Gasteiger partial charge in [-0.25, -0.2) is 0 Å². The van der Waals surface area contributed by atoms with E-state index in [-0.39, 0.29) is 11.9 Å². The summed E-state index contributed by atoms with van der Waals surface area (Å²) >= 11 is 0. The second-order valence-corrected chi connectivity index (χ2v) is 4.98.